The molecule has 2 N–H and O–H groups in total. The van der Waals surface area contributed by atoms with Crippen LogP contribution in [0.1, 0.15) is 52.7 Å². The molecule has 0 saturated carbocycles. The van der Waals surface area contributed by atoms with Gasteiger partial charge in [-0.25, -0.2) is 0 Å². The van der Waals surface area contributed by atoms with Gasteiger partial charge in [0.15, 0.2) is 5.96 Å². The normalized spacial score (nSPS) is 22.0. The van der Waals surface area contributed by atoms with Crippen molar-refractivity contribution < 1.29 is 9.15 Å². The van der Waals surface area contributed by atoms with E-state index in [1.165, 1.54) is 6.42 Å². The summed E-state index contributed by atoms with van der Waals surface area (Å²) in [5, 5.41) is 6.83. The largest absolute Gasteiger partial charge is 0.469 e. The lowest BCUT2D eigenvalue weighted by Gasteiger charge is -2.39. The van der Waals surface area contributed by atoms with Gasteiger partial charge in [-0.15, -0.1) is 0 Å². The predicted octanol–water partition coefficient (Wildman–Crippen LogP) is 3.61. The molecule has 5 nitrogen and oxygen atoms in total. The van der Waals surface area contributed by atoms with Crippen LogP contribution in [0.4, 0.5) is 0 Å². The van der Waals surface area contributed by atoms with E-state index in [1.54, 1.807) is 6.26 Å². The van der Waals surface area contributed by atoms with Crippen molar-refractivity contribution in [1.29, 1.82) is 0 Å². The van der Waals surface area contributed by atoms with Crippen molar-refractivity contribution in [2.24, 2.45) is 16.3 Å². The van der Waals surface area contributed by atoms with Gasteiger partial charge in [0.2, 0.25) is 0 Å². The van der Waals surface area contributed by atoms with Gasteiger partial charge >= 0.3 is 0 Å². The lowest BCUT2D eigenvalue weighted by atomic mass is 9.78. The van der Waals surface area contributed by atoms with Gasteiger partial charge in [0.05, 0.1) is 12.4 Å². The van der Waals surface area contributed by atoms with E-state index in [-0.39, 0.29) is 11.5 Å². The molecule has 25 heavy (non-hydrogen) atoms. The Kier molecular flexibility index (Phi) is 7.82. The van der Waals surface area contributed by atoms with Crippen LogP contribution in [-0.4, -0.2) is 38.3 Å². The van der Waals surface area contributed by atoms with Gasteiger partial charge in [0.25, 0.3) is 0 Å². The molecule has 1 saturated heterocycles. The maximum absolute atomic E-state index is 6.08. The Bertz CT molecular complexity index is 506. The van der Waals surface area contributed by atoms with Gasteiger partial charge in [0, 0.05) is 38.6 Å². The third-order valence-corrected chi connectivity index (χ3v) is 4.57. The lowest BCUT2D eigenvalue weighted by Crippen LogP contribution is -2.43. The van der Waals surface area contributed by atoms with Crippen molar-refractivity contribution in [2.75, 3.05) is 26.2 Å². The van der Waals surface area contributed by atoms with Crippen LogP contribution in [0.2, 0.25) is 0 Å². The zero-order valence-corrected chi connectivity index (χ0v) is 16.3. The van der Waals surface area contributed by atoms with Crippen LogP contribution in [0.15, 0.2) is 27.8 Å². The Morgan fingerprint density at radius 3 is 2.76 bits per heavy atom. The van der Waals surface area contributed by atoms with E-state index in [9.17, 15) is 0 Å². The van der Waals surface area contributed by atoms with Gasteiger partial charge in [-0.2, -0.15) is 0 Å². The second kappa shape index (κ2) is 9.85. The minimum absolute atomic E-state index is 0.157. The first kappa shape index (κ1) is 19.8. The highest BCUT2D eigenvalue weighted by Crippen LogP contribution is 2.34. The monoisotopic (exact) mass is 349 g/mol. The summed E-state index contributed by atoms with van der Waals surface area (Å²) >= 11 is 0. The quantitative estimate of drug-likeness (QED) is 0.583. The molecule has 1 aliphatic rings. The number of rotatable bonds is 7. The number of ether oxygens (including phenoxy) is 1. The fourth-order valence-corrected chi connectivity index (χ4v) is 3.37. The van der Waals surface area contributed by atoms with Crippen LogP contribution < -0.4 is 10.6 Å². The number of furan rings is 1. The van der Waals surface area contributed by atoms with Gasteiger partial charge in [0.1, 0.15) is 5.76 Å². The third kappa shape index (κ3) is 6.73. The summed E-state index contributed by atoms with van der Waals surface area (Å²) in [6.07, 6.45) is 6.26. The van der Waals surface area contributed by atoms with Crippen molar-refractivity contribution in [3.63, 3.8) is 0 Å². The summed E-state index contributed by atoms with van der Waals surface area (Å²) in [6, 6.07) is 3.93. The minimum Gasteiger partial charge on any atom is -0.469 e. The van der Waals surface area contributed by atoms with Crippen molar-refractivity contribution in [2.45, 2.75) is 59.5 Å². The molecule has 1 aliphatic heterocycles. The highest BCUT2D eigenvalue weighted by atomic mass is 16.5. The number of nitrogens with one attached hydrogen (secondary N) is 2. The Hall–Kier alpha value is -1.49. The van der Waals surface area contributed by atoms with E-state index in [1.807, 2.05) is 12.1 Å². The number of aliphatic imine (C=N–C) groups is 1. The predicted molar refractivity (Wildman–Crippen MR) is 103 cm³/mol. The third-order valence-electron chi connectivity index (χ3n) is 4.57. The van der Waals surface area contributed by atoms with Crippen molar-refractivity contribution in [3.8, 4) is 0 Å². The van der Waals surface area contributed by atoms with E-state index in [0.29, 0.717) is 5.92 Å². The van der Waals surface area contributed by atoms with Crippen LogP contribution in [0, 0.1) is 11.3 Å². The second-order valence-corrected chi connectivity index (χ2v) is 7.93. The molecular formula is C20H35N3O2. The molecule has 2 unspecified atom stereocenters. The molecule has 0 aliphatic carbocycles. The first-order valence-electron chi connectivity index (χ1n) is 9.67. The Morgan fingerprint density at radius 2 is 2.08 bits per heavy atom. The van der Waals surface area contributed by atoms with Crippen molar-refractivity contribution >= 4 is 5.96 Å². The number of hydrogen-bond acceptors (Lipinski definition) is 3. The molecule has 5 heteroatoms. The van der Waals surface area contributed by atoms with Crippen LogP contribution >= 0.6 is 0 Å². The Morgan fingerprint density at radius 1 is 1.28 bits per heavy atom. The van der Waals surface area contributed by atoms with E-state index < -0.39 is 0 Å². The van der Waals surface area contributed by atoms with Gasteiger partial charge in [-0.3, -0.25) is 4.99 Å². The minimum atomic E-state index is 0.157. The van der Waals surface area contributed by atoms with Crippen LogP contribution in [0.5, 0.6) is 0 Å². The van der Waals surface area contributed by atoms with Crippen molar-refractivity contribution in [1.82, 2.24) is 10.6 Å². The van der Waals surface area contributed by atoms with Crippen LogP contribution in [-0.2, 0) is 11.2 Å². The first-order chi connectivity index (χ1) is 12.0. The van der Waals surface area contributed by atoms with E-state index in [4.69, 9.17) is 14.1 Å². The molecule has 0 bridgehead atoms. The molecule has 0 spiro atoms. The molecule has 2 heterocycles. The fraction of sp³-hybridized carbons (Fsp3) is 0.750. The highest BCUT2D eigenvalue weighted by Gasteiger charge is 2.35. The smallest absolute Gasteiger partial charge is 0.191 e. The number of nitrogens with zero attached hydrogens (tertiary/aromatic N) is 1. The highest BCUT2D eigenvalue weighted by molar-refractivity contribution is 5.79. The fourth-order valence-electron chi connectivity index (χ4n) is 3.37. The summed E-state index contributed by atoms with van der Waals surface area (Å²) in [7, 11) is 0. The molecule has 2 atom stereocenters. The molecule has 1 fully saturated rings. The maximum atomic E-state index is 6.08. The molecule has 1 aromatic rings. The SMILES string of the molecule is CCCNC(=NCC1CCCOC1C(C)(C)C)NCCc1ccco1. The maximum Gasteiger partial charge on any atom is 0.191 e. The number of hydrogen-bond donors (Lipinski definition) is 2. The second-order valence-electron chi connectivity index (χ2n) is 7.93. The summed E-state index contributed by atoms with van der Waals surface area (Å²) in [4.78, 5) is 4.85. The summed E-state index contributed by atoms with van der Waals surface area (Å²) in [5.41, 5.74) is 0.157. The zero-order chi connectivity index (χ0) is 18.1. The van der Waals surface area contributed by atoms with Gasteiger partial charge in [-0.05, 0) is 36.8 Å². The summed E-state index contributed by atoms with van der Waals surface area (Å²) in [5.74, 6) is 2.38. The Labute approximate surface area is 152 Å². The zero-order valence-electron chi connectivity index (χ0n) is 16.3. The van der Waals surface area contributed by atoms with E-state index in [0.717, 1.165) is 57.2 Å². The molecule has 0 radical (unpaired) electrons. The standard InChI is InChI=1S/C20H35N3O2/c1-5-11-21-19(22-12-10-17-9-7-13-24-17)23-15-16-8-6-14-25-18(16)20(2,3)4/h7,9,13,16,18H,5-6,8,10-12,14-15H2,1-4H3,(H2,21,22,23). The molecule has 2 rings (SSSR count). The molecule has 0 aromatic carbocycles. The summed E-state index contributed by atoms with van der Waals surface area (Å²) < 4.78 is 11.5. The molecule has 1 aromatic heterocycles. The van der Waals surface area contributed by atoms with Crippen LogP contribution in [0.3, 0.4) is 0 Å². The summed E-state index contributed by atoms with van der Waals surface area (Å²) in [6.45, 7) is 12.4. The van der Waals surface area contributed by atoms with E-state index >= 15 is 0 Å². The van der Waals surface area contributed by atoms with Crippen molar-refractivity contribution in [3.05, 3.63) is 24.2 Å². The first-order valence-corrected chi connectivity index (χ1v) is 9.67. The van der Waals surface area contributed by atoms with E-state index in [2.05, 4.69) is 38.3 Å². The Balaban J connectivity index is 1.90. The van der Waals surface area contributed by atoms with Crippen LogP contribution in [0.25, 0.3) is 0 Å². The lowest BCUT2D eigenvalue weighted by molar-refractivity contribution is -0.0823. The number of guanidine groups is 1. The molecular weight excluding hydrogens is 314 g/mol. The average Bonchev–Trinajstić information content (AvgIpc) is 3.09. The van der Waals surface area contributed by atoms with Gasteiger partial charge < -0.3 is 19.8 Å². The molecule has 142 valence electrons. The molecule has 0 amide bonds. The topological polar surface area (TPSA) is 58.8 Å². The average molecular weight is 350 g/mol. The van der Waals surface area contributed by atoms with Gasteiger partial charge in [-0.1, -0.05) is 27.7 Å².